The molecule has 0 bridgehead atoms. The quantitative estimate of drug-likeness (QED) is 0.781. The lowest BCUT2D eigenvalue weighted by Crippen LogP contribution is -2.43. The number of carbonyl (C=O) groups is 1. The van der Waals surface area contributed by atoms with E-state index in [1.165, 1.54) is 5.56 Å². The first kappa shape index (κ1) is 19.6. The molecular weight excluding hydrogens is 364 g/mol. The molecule has 7 nitrogen and oxygen atoms in total. The Kier molecular flexibility index (Phi) is 5.94. The second kappa shape index (κ2) is 8.78. The van der Waals surface area contributed by atoms with Crippen molar-refractivity contribution in [3.05, 3.63) is 47.8 Å². The molecule has 2 aromatic rings. The third-order valence-corrected chi connectivity index (χ3v) is 5.87. The Bertz CT molecular complexity index is 836. The van der Waals surface area contributed by atoms with Gasteiger partial charge in [-0.3, -0.25) is 4.79 Å². The van der Waals surface area contributed by atoms with Gasteiger partial charge >= 0.3 is 0 Å². The minimum Gasteiger partial charge on any atom is -0.367 e. The van der Waals surface area contributed by atoms with Gasteiger partial charge in [0, 0.05) is 25.7 Å². The molecule has 2 atom stereocenters. The molecule has 1 saturated heterocycles. The van der Waals surface area contributed by atoms with E-state index < -0.39 is 0 Å². The number of rotatable bonds is 6. The number of aryl methyl sites for hydroxylation is 1. The molecule has 1 aromatic heterocycles. The minimum atomic E-state index is 0.155. The molecule has 2 N–H and O–H groups in total. The number of likely N-dealkylation sites (N-methyl/N-ethyl adjacent to an activating group) is 1. The zero-order valence-corrected chi connectivity index (χ0v) is 17.3. The number of nitrogens with one attached hydrogen (secondary N) is 2. The second-order valence-electron chi connectivity index (χ2n) is 8.12. The van der Waals surface area contributed by atoms with Crippen molar-refractivity contribution in [2.45, 2.75) is 44.8 Å². The van der Waals surface area contributed by atoms with E-state index >= 15 is 0 Å². The Morgan fingerprint density at radius 3 is 2.83 bits per heavy atom. The first-order chi connectivity index (χ1) is 14.1. The SMILES string of the molecule is CC(CCc1ccccc1)Nc1ncnc2c1CN(C1CCNC1)C(=O)CN2C. The lowest BCUT2D eigenvalue weighted by atomic mass is 10.1. The maximum atomic E-state index is 12.9. The summed E-state index contributed by atoms with van der Waals surface area (Å²) < 4.78 is 0. The minimum absolute atomic E-state index is 0.155. The van der Waals surface area contributed by atoms with Crippen LogP contribution in [0.1, 0.15) is 30.9 Å². The monoisotopic (exact) mass is 394 g/mol. The molecule has 29 heavy (non-hydrogen) atoms. The van der Waals surface area contributed by atoms with Crippen LogP contribution in [-0.4, -0.2) is 59.5 Å². The Labute approximate surface area is 172 Å². The number of carbonyl (C=O) groups excluding carboxylic acids is 1. The van der Waals surface area contributed by atoms with Gasteiger partial charge in [-0.15, -0.1) is 0 Å². The number of benzene rings is 1. The van der Waals surface area contributed by atoms with Gasteiger partial charge in [-0.1, -0.05) is 30.3 Å². The molecule has 2 aliphatic heterocycles. The van der Waals surface area contributed by atoms with E-state index in [-0.39, 0.29) is 18.0 Å². The lowest BCUT2D eigenvalue weighted by molar-refractivity contribution is -0.132. The Morgan fingerprint density at radius 1 is 1.24 bits per heavy atom. The van der Waals surface area contributed by atoms with E-state index in [4.69, 9.17) is 0 Å². The van der Waals surface area contributed by atoms with E-state index in [2.05, 4.69) is 51.8 Å². The maximum Gasteiger partial charge on any atom is 0.242 e. The third kappa shape index (κ3) is 4.50. The molecule has 2 unspecified atom stereocenters. The van der Waals surface area contributed by atoms with Crippen LogP contribution in [0.25, 0.3) is 0 Å². The van der Waals surface area contributed by atoms with E-state index in [1.54, 1.807) is 6.33 Å². The Balaban J connectivity index is 1.51. The van der Waals surface area contributed by atoms with Crippen molar-refractivity contribution in [3.8, 4) is 0 Å². The number of nitrogens with zero attached hydrogens (tertiary/aromatic N) is 4. The summed E-state index contributed by atoms with van der Waals surface area (Å²) in [6.45, 7) is 4.91. The van der Waals surface area contributed by atoms with Crippen molar-refractivity contribution in [2.75, 3.05) is 36.9 Å². The average molecular weight is 395 g/mol. The first-order valence-corrected chi connectivity index (χ1v) is 10.5. The summed E-state index contributed by atoms with van der Waals surface area (Å²) >= 11 is 0. The van der Waals surface area contributed by atoms with Crippen molar-refractivity contribution >= 4 is 17.5 Å². The first-order valence-electron chi connectivity index (χ1n) is 10.5. The molecule has 0 aliphatic carbocycles. The predicted octanol–water partition coefficient (Wildman–Crippen LogP) is 2.05. The summed E-state index contributed by atoms with van der Waals surface area (Å²) in [6, 6.07) is 11.0. The normalized spacial score (nSPS) is 20.3. The third-order valence-electron chi connectivity index (χ3n) is 5.87. The van der Waals surface area contributed by atoms with Crippen LogP contribution in [0.15, 0.2) is 36.7 Å². The molecule has 1 amide bonds. The molecule has 7 heteroatoms. The highest BCUT2D eigenvalue weighted by Gasteiger charge is 2.32. The van der Waals surface area contributed by atoms with Gasteiger partial charge in [0.15, 0.2) is 0 Å². The van der Waals surface area contributed by atoms with Crippen molar-refractivity contribution in [3.63, 3.8) is 0 Å². The van der Waals surface area contributed by atoms with Gasteiger partial charge in [0.2, 0.25) is 5.91 Å². The zero-order chi connectivity index (χ0) is 20.2. The Hall–Kier alpha value is -2.67. The van der Waals surface area contributed by atoms with Crippen molar-refractivity contribution < 1.29 is 4.79 Å². The summed E-state index contributed by atoms with van der Waals surface area (Å²) in [5.41, 5.74) is 2.35. The van der Waals surface area contributed by atoms with Crippen LogP contribution in [0.4, 0.5) is 11.6 Å². The maximum absolute atomic E-state index is 12.9. The second-order valence-corrected chi connectivity index (χ2v) is 8.12. The molecule has 1 aromatic carbocycles. The molecule has 2 aliphatic rings. The largest absolute Gasteiger partial charge is 0.367 e. The summed E-state index contributed by atoms with van der Waals surface area (Å²) in [6.07, 6.45) is 4.61. The molecule has 4 rings (SSSR count). The van der Waals surface area contributed by atoms with Gasteiger partial charge in [-0.25, -0.2) is 9.97 Å². The smallest absolute Gasteiger partial charge is 0.242 e. The summed E-state index contributed by atoms with van der Waals surface area (Å²) in [5.74, 6) is 1.84. The predicted molar refractivity (Wildman–Crippen MR) is 115 cm³/mol. The number of fused-ring (bicyclic) bond motifs is 1. The van der Waals surface area contributed by atoms with Crippen LogP contribution >= 0.6 is 0 Å². The Morgan fingerprint density at radius 2 is 2.07 bits per heavy atom. The summed E-state index contributed by atoms with van der Waals surface area (Å²) in [5, 5.41) is 6.95. The van der Waals surface area contributed by atoms with Crippen molar-refractivity contribution in [1.29, 1.82) is 0 Å². The number of anilines is 2. The van der Waals surface area contributed by atoms with Crippen LogP contribution in [0.2, 0.25) is 0 Å². The van der Waals surface area contributed by atoms with Crippen molar-refractivity contribution in [1.82, 2.24) is 20.2 Å². The van der Waals surface area contributed by atoms with E-state index in [0.29, 0.717) is 13.1 Å². The van der Waals surface area contributed by atoms with Crippen LogP contribution < -0.4 is 15.5 Å². The van der Waals surface area contributed by atoms with E-state index in [9.17, 15) is 4.79 Å². The van der Waals surface area contributed by atoms with Gasteiger partial charge in [-0.2, -0.15) is 0 Å². The van der Waals surface area contributed by atoms with Crippen LogP contribution in [0.5, 0.6) is 0 Å². The van der Waals surface area contributed by atoms with Crippen LogP contribution in [0.3, 0.4) is 0 Å². The topological polar surface area (TPSA) is 73.4 Å². The highest BCUT2D eigenvalue weighted by Crippen LogP contribution is 2.29. The van der Waals surface area contributed by atoms with Gasteiger partial charge < -0.3 is 20.4 Å². The fourth-order valence-corrected chi connectivity index (χ4v) is 4.20. The van der Waals surface area contributed by atoms with Gasteiger partial charge in [0.1, 0.15) is 18.0 Å². The van der Waals surface area contributed by atoms with Gasteiger partial charge in [-0.05, 0) is 38.3 Å². The lowest BCUT2D eigenvalue weighted by Gasteiger charge is -2.27. The fraction of sp³-hybridized carbons (Fsp3) is 0.500. The standard InChI is InChI=1S/C22H30N6O/c1-16(8-9-17-6-4-3-5-7-17)26-21-19-13-28(18-10-11-23-12-18)20(29)14-27(2)22(19)25-15-24-21/h3-7,15-16,18,23H,8-14H2,1-2H3,(H,24,25,26). The number of hydrogen-bond donors (Lipinski definition) is 2. The summed E-state index contributed by atoms with van der Waals surface area (Å²) in [4.78, 5) is 25.9. The number of amides is 1. The van der Waals surface area contributed by atoms with Crippen LogP contribution in [-0.2, 0) is 17.8 Å². The number of hydrogen-bond acceptors (Lipinski definition) is 6. The zero-order valence-electron chi connectivity index (χ0n) is 17.3. The van der Waals surface area contributed by atoms with Gasteiger partial charge in [0.05, 0.1) is 18.7 Å². The molecule has 0 saturated carbocycles. The molecule has 154 valence electrons. The highest BCUT2D eigenvalue weighted by molar-refractivity contribution is 5.84. The highest BCUT2D eigenvalue weighted by atomic mass is 16.2. The molecule has 0 spiro atoms. The van der Waals surface area contributed by atoms with Gasteiger partial charge in [0.25, 0.3) is 0 Å². The van der Waals surface area contributed by atoms with Crippen LogP contribution in [0, 0.1) is 0 Å². The number of aromatic nitrogens is 2. The van der Waals surface area contributed by atoms with E-state index in [0.717, 1.165) is 49.6 Å². The fourth-order valence-electron chi connectivity index (χ4n) is 4.20. The van der Waals surface area contributed by atoms with Crippen molar-refractivity contribution in [2.24, 2.45) is 0 Å². The summed E-state index contributed by atoms with van der Waals surface area (Å²) in [7, 11) is 1.93. The molecule has 3 heterocycles. The van der Waals surface area contributed by atoms with E-state index in [1.807, 2.05) is 22.9 Å². The molecular formula is C22H30N6O. The average Bonchev–Trinajstić information content (AvgIpc) is 3.22. The molecule has 0 radical (unpaired) electrons. The molecule has 1 fully saturated rings.